The minimum absolute atomic E-state index is 0.0186. The van der Waals surface area contributed by atoms with Crippen molar-refractivity contribution in [3.8, 4) is 0 Å². The molecule has 0 saturated heterocycles. The molecule has 98 valence electrons. The van der Waals surface area contributed by atoms with E-state index in [0.717, 1.165) is 5.56 Å². The summed E-state index contributed by atoms with van der Waals surface area (Å²) in [5.74, 6) is -1.08. The highest BCUT2D eigenvalue weighted by Gasteiger charge is 2.12. The molecule has 0 spiro atoms. The molecule has 3 nitrogen and oxygen atoms in total. The van der Waals surface area contributed by atoms with Crippen molar-refractivity contribution in [2.75, 3.05) is 5.32 Å². The van der Waals surface area contributed by atoms with Gasteiger partial charge in [0, 0.05) is 4.47 Å². The lowest BCUT2D eigenvalue weighted by atomic mass is 10.2. The Bertz CT molecular complexity index is 647. The number of nitrogens with one attached hydrogen (secondary N) is 1. The zero-order valence-electron chi connectivity index (χ0n) is 9.88. The van der Waals surface area contributed by atoms with Gasteiger partial charge in [0.05, 0.1) is 17.4 Å². The zero-order valence-corrected chi connectivity index (χ0v) is 13.0. The predicted octanol–water partition coefficient (Wildman–Crippen LogP) is 4.31. The molecule has 1 aromatic carbocycles. The van der Waals surface area contributed by atoms with Gasteiger partial charge in [0.25, 0.3) is 5.91 Å². The molecule has 0 fully saturated rings. The molecule has 2 rings (SSSR count). The summed E-state index contributed by atoms with van der Waals surface area (Å²) in [6.45, 7) is 1.85. The maximum absolute atomic E-state index is 13.6. The van der Waals surface area contributed by atoms with Gasteiger partial charge < -0.3 is 5.32 Å². The zero-order chi connectivity index (χ0) is 14.0. The molecule has 0 aliphatic carbocycles. The molecule has 1 N–H and O–H groups in total. The van der Waals surface area contributed by atoms with Gasteiger partial charge >= 0.3 is 0 Å². The maximum atomic E-state index is 13.6. The molecule has 1 aromatic heterocycles. The number of amides is 1. The normalized spacial score (nSPS) is 10.3. The first-order chi connectivity index (χ1) is 8.97. The quantitative estimate of drug-likeness (QED) is 0.780. The highest BCUT2D eigenvalue weighted by atomic mass is 79.9. The molecular formula is C13H9Br2FN2O. The van der Waals surface area contributed by atoms with Crippen molar-refractivity contribution in [3.05, 3.63) is 56.5 Å². The van der Waals surface area contributed by atoms with Gasteiger partial charge in [0.15, 0.2) is 0 Å². The van der Waals surface area contributed by atoms with Gasteiger partial charge in [0.2, 0.25) is 0 Å². The Morgan fingerprint density at radius 1 is 1.32 bits per heavy atom. The molecule has 0 unspecified atom stereocenters. The summed E-state index contributed by atoms with van der Waals surface area (Å²) in [6.07, 6.45) is 1.50. The van der Waals surface area contributed by atoms with Crippen LogP contribution in [0, 0.1) is 12.7 Å². The van der Waals surface area contributed by atoms with Crippen LogP contribution in [0.3, 0.4) is 0 Å². The molecule has 0 aliphatic rings. The average molecular weight is 388 g/mol. The van der Waals surface area contributed by atoms with Crippen molar-refractivity contribution < 1.29 is 9.18 Å². The lowest BCUT2D eigenvalue weighted by molar-refractivity contribution is 0.102. The van der Waals surface area contributed by atoms with Crippen LogP contribution in [0.15, 0.2) is 39.5 Å². The largest absolute Gasteiger partial charge is 0.320 e. The van der Waals surface area contributed by atoms with Crippen LogP contribution in [-0.4, -0.2) is 10.9 Å². The molecule has 0 radical (unpaired) electrons. The first kappa shape index (κ1) is 14.1. The van der Waals surface area contributed by atoms with E-state index in [1.54, 1.807) is 6.07 Å². The van der Waals surface area contributed by atoms with Crippen molar-refractivity contribution in [2.45, 2.75) is 6.92 Å². The fourth-order valence-corrected chi connectivity index (χ4v) is 2.07. The number of nitrogens with zero attached hydrogens (tertiary/aromatic N) is 1. The van der Waals surface area contributed by atoms with E-state index in [2.05, 4.69) is 42.2 Å². The van der Waals surface area contributed by atoms with E-state index in [-0.39, 0.29) is 5.56 Å². The van der Waals surface area contributed by atoms with E-state index in [9.17, 15) is 9.18 Å². The Morgan fingerprint density at radius 3 is 2.74 bits per heavy atom. The summed E-state index contributed by atoms with van der Waals surface area (Å²) in [7, 11) is 0. The standard InChI is InChI=1S/C13H9Br2FN2O/c1-7-4-9(6-17-12(7)15)18-13(19)10-5-8(14)2-3-11(10)16/h2-6H,1H3,(H,18,19). The van der Waals surface area contributed by atoms with E-state index < -0.39 is 11.7 Å². The third-order valence-corrected chi connectivity index (χ3v) is 3.77. The van der Waals surface area contributed by atoms with Gasteiger partial charge in [0.1, 0.15) is 10.4 Å². The summed E-state index contributed by atoms with van der Waals surface area (Å²) < 4.78 is 14.9. The number of rotatable bonds is 2. The van der Waals surface area contributed by atoms with Crippen LogP contribution in [-0.2, 0) is 0 Å². The Balaban J connectivity index is 2.25. The van der Waals surface area contributed by atoms with E-state index in [4.69, 9.17) is 0 Å². The Kier molecular flexibility index (Phi) is 4.31. The number of halogens is 3. The van der Waals surface area contributed by atoms with Gasteiger partial charge in [-0.1, -0.05) is 15.9 Å². The van der Waals surface area contributed by atoms with Crippen molar-refractivity contribution in [3.63, 3.8) is 0 Å². The predicted molar refractivity (Wildman–Crippen MR) is 78.7 cm³/mol. The van der Waals surface area contributed by atoms with Gasteiger partial charge in [-0.05, 0) is 52.7 Å². The number of carbonyl (C=O) groups excluding carboxylic acids is 1. The lowest BCUT2D eigenvalue weighted by Crippen LogP contribution is -2.14. The minimum atomic E-state index is -0.567. The number of carbonyl (C=O) groups is 1. The van der Waals surface area contributed by atoms with Crippen molar-refractivity contribution in [1.82, 2.24) is 4.98 Å². The summed E-state index contributed by atoms with van der Waals surface area (Å²) in [6, 6.07) is 5.97. The second kappa shape index (κ2) is 5.79. The molecule has 2 aromatic rings. The molecule has 0 saturated carbocycles. The minimum Gasteiger partial charge on any atom is -0.320 e. The summed E-state index contributed by atoms with van der Waals surface area (Å²) in [5.41, 5.74) is 1.38. The molecule has 1 heterocycles. The van der Waals surface area contributed by atoms with Crippen LogP contribution in [0.1, 0.15) is 15.9 Å². The first-order valence-electron chi connectivity index (χ1n) is 5.36. The van der Waals surface area contributed by atoms with Gasteiger partial charge in [-0.25, -0.2) is 9.37 Å². The van der Waals surface area contributed by atoms with E-state index >= 15 is 0 Å². The van der Waals surface area contributed by atoms with Crippen LogP contribution >= 0.6 is 31.9 Å². The Hall–Kier alpha value is -1.27. The number of aromatic nitrogens is 1. The van der Waals surface area contributed by atoms with Crippen LogP contribution in [0.25, 0.3) is 0 Å². The second-order valence-electron chi connectivity index (χ2n) is 3.91. The van der Waals surface area contributed by atoms with E-state index in [1.165, 1.54) is 24.4 Å². The summed E-state index contributed by atoms with van der Waals surface area (Å²) in [5, 5.41) is 2.61. The second-order valence-corrected chi connectivity index (χ2v) is 5.58. The number of benzene rings is 1. The third-order valence-electron chi connectivity index (χ3n) is 2.45. The van der Waals surface area contributed by atoms with Gasteiger partial charge in [-0.15, -0.1) is 0 Å². The van der Waals surface area contributed by atoms with Crippen molar-refractivity contribution in [1.29, 1.82) is 0 Å². The molecule has 0 aliphatic heterocycles. The highest BCUT2D eigenvalue weighted by molar-refractivity contribution is 9.10. The Labute approximate surface area is 126 Å². The van der Waals surface area contributed by atoms with Crippen LogP contribution in [0.4, 0.5) is 10.1 Å². The molecule has 1 amide bonds. The molecular weight excluding hydrogens is 379 g/mol. The van der Waals surface area contributed by atoms with E-state index in [1.807, 2.05) is 6.92 Å². The van der Waals surface area contributed by atoms with Gasteiger partial charge in [-0.2, -0.15) is 0 Å². The molecule has 0 bridgehead atoms. The van der Waals surface area contributed by atoms with Gasteiger partial charge in [-0.3, -0.25) is 4.79 Å². The fraction of sp³-hybridized carbons (Fsp3) is 0.0769. The first-order valence-corrected chi connectivity index (χ1v) is 6.94. The third kappa shape index (κ3) is 3.39. The monoisotopic (exact) mass is 386 g/mol. The number of hydrogen-bond acceptors (Lipinski definition) is 2. The van der Waals surface area contributed by atoms with Crippen LogP contribution in [0.5, 0.6) is 0 Å². The van der Waals surface area contributed by atoms with Crippen molar-refractivity contribution >= 4 is 43.5 Å². The average Bonchev–Trinajstić information content (AvgIpc) is 2.36. The fourth-order valence-electron chi connectivity index (χ4n) is 1.50. The lowest BCUT2D eigenvalue weighted by Gasteiger charge is -2.07. The SMILES string of the molecule is Cc1cc(NC(=O)c2cc(Br)ccc2F)cnc1Br. The number of hydrogen-bond donors (Lipinski definition) is 1. The summed E-state index contributed by atoms with van der Waals surface area (Å²) >= 11 is 6.48. The molecule has 19 heavy (non-hydrogen) atoms. The smallest absolute Gasteiger partial charge is 0.258 e. The number of anilines is 1. The molecule has 0 atom stereocenters. The van der Waals surface area contributed by atoms with Crippen molar-refractivity contribution in [2.24, 2.45) is 0 Å². The molecule has 6 heteroatoms. The topological polar surface area (TPSA) is 42.0 Å². The Morgan fingerprint density at radius 2 is 2.05 bits per heavy atom. The number of aryl methyl sites for hydroxylation is 1. The summed E-state index contributed by atoms with van der Waals surface area (Å²) in [4.78, 5) is 16.0. The van der Waals surface area contributed by atoms with Crippen LogP contribution in [0.2, 0.25) is 0 Å². The maximum Gasteiger partial charge on any atom is 0.258 e. The van der Waals surface area contributed by atoms with E-state index in [0.29, 0.717) is 14.8 Å². The highest BCUT2D eigenvalue weighted by Crippen LogP contribution is 2.19. The number of pyridine rings is 1. The van der Waals surface area contributed by atoms with Crippen LogP contribution < -0.4 is 5.32 Å².